The van der Waals surface area contributed by atoms with E-state index in [4.69, 9.17) is 0 Å². The van der Waals surface area contributed by atoms with Gasteiger partial charge in [-0.05, 0) is 0 Å². The Morgan fingerprint density at radius 2 is 0.960 bits per heavy atom. The fourth-order valence-electron chi connectivity index (χ4n) is 1.43. The van der Waals surface area contributed by atoms with Gasteiger partial charge in [-0.15, -0.1) is 0 Å². The summed E-state index contributed by atoms with van der Waals surface area (Å²) in [5.74, 6) is 0. The Hall–Kier alpha value is -0.137. The van der Waals surface area contributed by atoms with Crippen molar-refractivity contribution in [3.8, 4) is 0 Å². The van der Waals surface area contributed by atoms with Crippen LogP contribution in [0.3, 0.4) is 0 Å². The van der Waals surface area contributed by atoms with E-state index in [9.17, 15) is 53.0 Å². The van der Waals surface area contributed by atoms with Crippen LogP contribution in [0.5, 0.6) is 0 Å². The fraction of sp³-hybridized carbons (Fsp3) is 0.400. The zero-order chi connectivity index (χ0) is 19.8. The van der Waals surface area contributed by atoms with Crippen molar-refractivity contribution in [2.45, 2.75) is 23.7 Å². The molecule has 0 saturated carbocycles. The zero-order valence-corrected chi connectivity index (χ0v) is 16.9. The van der Waals surface area contributed by atoms with E-state index in [0.717, 1.165) is 12.1 Å². The molecule has 1 aromatic carbocycles. The molecule has 0 bridgehead atoms. The first-order valence-electron chi connectivity index (χ1n) is 5.88. The fourth-order valence-corrected chi connectivity index (χ4v) is 36.9. The summed E-state index contributed by atoms with van der Waals surface area (Å²) >= 11 is -5.91. The Kier molecular flexibility index (Phi) is 6.84. The third-order valence-corrected chi connectivity index (χ3v) is 39.5. The molecule has 0 heterocycles. The molecule has 2 unspecified atom stereocenters. The second kappa shape index (κ2) is 7.47. The molecule has 0 aromatic heterocycles. The summed E-state index contributed by atoms with van der Waals surface area (Å²) in [5, 5.41) is -10.8. The predicted molar refractivity (Wildman–Crippen MR) is 71.8 cm³/mol. The predicted octanol–water partition coefficient (Wildman–Crippen LogP) is 4.81. The molecule has 15 heteroatoms. The van der Waals surface area contributed by atoms with Crippen molar-refractivity contribution in [2.24, 2.45) is 0 Å². The van der Waals surface area contributed by atoms with Gasteiger partial charge in [0.15, 0.2) is 0 Å². The third kappa shape index (κ3) is 4.59. The van der Waals surface area contributed by atoms with E-state index in [1.807, 2.05) is 0 Å². The second-order valence-electron chi connectivity index (χ2n) is 4.43. The van der Waals surface area contributed by atoms with Crippen LogP contribution in [0.1, 0.15) is 0 Å². The molecule has 0 radical (unpaired) electrons. The van der Waals surface area contributed by atoms with Crippen LogP contribution in [0, 0.1) is 0 Å². The summed E-state index contributed by atoms with van der Waals surface area (Å²) < 4.78 is 150. The van der Waals surface area contributed by atoms with Gasteiger partial charge in [0.2, 0.25) is 0 Å². The van der Waals surface area contributed by atoms with Gasteiger partial charge in [-0.1, -0.05) is 0 Å². The Morgan fingerprint density at radius 1 is 0.640 bits per heavy atom. The van der Waals surface area contributed by atoms with Crippen molar-refractivity contribution >= 4 is 34.0 Å². The summed E-state index contributed by atoms with van der Waals surface area (Å²) in [6.07, 6.45) is -12.9. The van der Waals surface area contributed by atoms with Gasteiger partial charge in [-0.2, -0.15) is 0 Å². The molecule has 0 aliphatic heterocycles. The van der Waals surface area contributed by atoms with E-state index < -0.39 is 57.7 Å². The van der Waals surface area contributed by atoms with E-state index in [1.54, 1.807) is 0 Å². The van der Waals surface area contributed by atoms with Crippen LogP contribution in [0.4, 0.5) is 43.9 Å². The molecular weight excluding hydrogens is 613 g/mol. The standard InChI is InChI=1S/C6H5.2C2F5OP.Bi/c1-2-4-6-5-3-1;2*3-1(4,5)2(6,7)9-8;/h1-5H;;;/q;;;-2/p+2. The van der Waals surface area contributed by atoms with Gasteiger partial charge in [0.25, 0.3) is 0 Å². The summed E-state index contributed by atoms with van der Waals surface area (Å²) in [6, 6.07) is 4.45. The van der Waals surface area contributed by atoms with Gasteiger partial charge in [-0.25, -0.2) is 0 Å². The summed E-state index contributed by atoms with van der Waals surface area (Å²) in [5.41, 5.74) is -12.0. The van der Waals surface area contributed by atoms with Gasteiger partial charge in [0.1, 0.15) is 0 Å². The van der Waals surface area contributed by atoms with Crippen LogP contribution in [0.15, 0.2) is 30.3 Å². The summed E-state index contributed by atoms with van der Waals surface area (Å²) in [4.78, 5) is 0. The Labute approximate surface area is 141 Å². The van der Waals surface area contributed by atoms with Gasteiger partial charge in [-0.3, -0.25) is 0 Å². The van der Waals surface area contributed by atoms with E-state index in [2.05, 4.69) is 0 Å². The van der Waals surface area contributed by atoms with E-state index >= 15 is 0 Å². The molecule has 1 rings (SSSR count). The number of rotatable bonds is 5. The van der Waals surface area contributed by atoms with E-state index in [-0.39, 0.29) is 0 Å². The summed E-state index contributed by atoms with van der Waals surface area (Å²) in [7, 11) is 0. The SMILES string of the molecule is O=[PH]([Bi]([c]1ccccc1)[PH](=O)C(F)(F)C(F)(F)F)C(F)(F)C(F)(F)F. The summed E-state index contributed by atoms with van der Waals surface area (Å²) in [6.45, 7) is 0. The normalized spacial score (nSPS) is 16.8. The minimum absolute atomic E-state index is 0.683. The second-order valence-corrected chi connectivity index (χ2v) is 32.8. The van der Waals surface area contributed by atoms with Crippen molar-refractivity contribution in [1.29, 1.82) is 0 Å². The molecule has 2 atom stereocenters. The van der Waals surface area contributed by atoms with Crippen LogP contribution in [-0.4, -0.2) is 44.3 Å². The molecule has 0 N–H and O–H groups in total. The number of alkyl halides is 10. The maximum atomic E-state index is 13.3. The molecule has 0 saturated heterocycles. The monoisotopic (exact) mass is 620 g/mol. The van der Waals surface area contributed by atoms with Gasteiger partial charge >= 0.3 is 141 Å². The molecule has 1 aromatic rings. The van der Waals surface area contributed by atoms with Crippen LogP contribution in [0.25, 0.3) is 0 Å². The van der Waals surface area contributed by atoms with E-state index in [1.165, 1.54) is 6.07 Å². The molecule has 2 nitrogen and oxygen atoms in total. The molecule has 25 heavy (non-hydrogen) atoms. The number of benzene rings is 1. The first-order valence-corrected chi connectivity index (χ1v) is 20.8. The topological polar surface area (TPSA) is 34.1 Å². The molecule has 0 fully saturated rings. The molecule has 0 aliphatic rings. The van der Waals surface area contributed by atoms with Crippen molar-refractivity contribution in [3.05, 3.63) is 30.3 Å². The Bertz CT molecular complexity index is 620. The minimum atomic E-state index is -6.43. The van der Waals surface area contributed by atoms with Crippen LogP contribution in [-0.2, 0) is 9.13 Å². The average Bonchev–Trinajstić information content (AvgIpc) is 2.45. The van der Waals surface area contributed by atoms with Crippen molar-refractivity contribution < 1.29 is 53.0 Å². The van der Waals surface area contributed by atoms with Gasteiger partial charge in [0, 0.05) is 0 Å². The average molecular weight is 620 g/mol. The van der Waals surface area contributed by atoms with Crippen LogP contribution >= 0.6 is 10.2 Å². The first kappa shape index (κ1) is 22.9. The number of halogens is 10. The first-order chi connectivity index (χ1) is 11.0. The van der Waals surface area contributed by atoms with Crippen molar-refractivity contribution in [1.82, 2.24) is 0 Å². The molecule has 0 aliphatic carbocycles. The van der Waals surface area contributed by atoms with Crippen molar-refractivity contribution in [3.63, 3.8) is 0 Å². The molecule has 144 valence electrons. The van der Waals surface area contributed by atoms with Gasteiger partial charge < -0.3 is 0 Å². The third-order valence-electron chi connectivity index (χ3n) is 2.67. The zero-order valence-electron chi connectivity index (χ0n) is 11.4. The van der Waals surface area contributed by atoms with E-state index in [0.29, 0.717) is 12.1 Å². The van der Waals surface area contributed by atoms with Crippen LogP contribution < -0.4 is 3.27 Å². The number of hydrogen-bond donors (Lipinski definition) is 0. The maximum absolute atomic E-state index is 13.3. The number of hydrogen-bond acceptors (Lipinski definition) is 2. The Morgan fingerprint density at radius 3 is 1.24 bits per heavy atom. The Balaban J connectivity index is 3.54. The van der Waals surface area contributed by atoms with Gasteiger partial charge in [0.05, 0.1) is 0 Å². The van der Waals surface area contributed by atoms with Crippen molar-refractivity contribution in [2.75, 3.05) is 0 Å². The molecule has 0 amide bonds. The molecule has 0 spiro atoms. The molecular formula is C10H7BiF10O2P2. The quantitative estimate of drug-likeness (QED) is 0.269. The van der Waals surface area contributed by atoms with Crippen LogP contribution in [0.2, 0.25) is 0 Å².